The van der Waals surface area contributed by atoms with E-state index < -0.39 is 0 Å². The monoisotopic (exact) mass is 271 g/mol. The van der Waals surface area contributed by atoms with Crippen molar-refractivity contribution in [2.24, 2.45) is 5.92 Å². The molecule has 5 heteroatoms. The van der Waals surface area contributed by atoms with Gasteiger partial charge in [0.1, 0.15) is 11.6 Å². The van der Waals surface area contributed by atoms with Crippen LogP contribution in [-0.2, 0) is 4.74 Å². The Hall–Kier alpha value is -1.88. The molecule has 0 radical (unpaired) electrons. The normalized spacial score (nSPS) is 28.7. The number of rotatable bonds is 2. The van der Waals surface area contributed by atoms with E-state index in [0.29, 0.717) is 17.0 Å². The lowest BCUT2D eigenvalue weighted by Crippen LogP contribution is -2.51. The first-order valence-corrected chi connectivity index (χ1v) is 7.17. The number of benzene rings is 1. The molecular weight excluding hydrogens is 254 g/mol. The van der Waals surface area contributed by atoms with E-state index >= 15 is 0 Å². The van der Waals surface area contributed by atoms with E-state index in [0.717, 1.165) is 38.0 Å². The van der Waals surface area contributed by atoms with Crippen LogP contribution in [0.25, 0.3) is 11.0 Å². The van der Waals surface area contributed by atoms with E-state index in [1.807, 2.05) is 12.1 Å². The summed E-state index contributed by atoms with van der Waals surface area (Å²) in [6.07, 6.45) is 3.93. The number of esters is 1. The number of carbonyl (C=O) groups is 1. The second-order valence-corrected chi connectivity index (χ2v) is 5.69. The minimum atomic E-state index is -0.249. The van der Waals surface area contributed by atoms with Gasteiger partial charge in [0.2, 0.25) is 0 Å². The van der Waals surface area contributed by atoms with Gasteiger partial charge in [-0.15, -0.1) is 0 Å². The molecule has 3 fully saturated rings. The molecule has 20 heavy (non-hydrogen) atoms. The van der Waals surface area contributed by atoms with Crippen molar-refractivity contribution < 1.29 is 9.53 Å². The van der Waals surface area contributed by atoms with Gasteiger partial charge in [0.25, 0.3) is 0 Å². The van der Waals surface area contributed by atoms with Crippen molar-refractivity contribution in [3.05, 3.63) is 30.1 Å². The van der Waals surface area contributed by atoms with Crippen molar-refractivity contribution >= 4 is 17.0 Å². The number of nitrogens with one attached hydrogen (secondary N) is 1. The topological polar surface area (TPSA) is 58.2 Å². The predicted octanol–water partition coefficient (Wildman–Crippen LogP) is 1.81. The first kappa shape index (κ1) is 11.9. The van der Waals surface area contributed by atoms with Crippen LogP contribution in [0.5, 0.6) is 0 Å². The summed E-state index contributed by atoms with van der Waals surface area (Å²) in [6.45, 7) is 3.17. The number of aromatic amines is 1. The highest BCUT2D eigenvalue weighted by atomic mass is 16.5. The third kappa shape index (κ3) is 1.89. The molecule has 2 bridgehead atoms. The van der Waals surface area contributed by atoms with Crippen LogP contribution >= 0.6 is 0 Å². The Balaban J connectivity index is 1.57. The lowest BCUT2D eigenvalue weighted by atomic mass is 9.86. The molecule has 3 aliphatic heterocycles. The number of piperidine rings is 3. The van der Waals surface area contributed by atoms with Gasteiger partial charge in [-0.25, -0.2) is 9.78 Å². The molecule has 104 valence electrons. The molecule has 5 rings (SSSR count). The number of hydrogen-bond acceptors (Lipinski definition) is 4. The molecule has 1 aromatic heterocycles. The number of carbonyl (C=O) groups excluding carboxylic acids is 1. The Morgan fingerprint density at radius 3 is 2.95 bits per heavy atom. The van der Waals surface area contributed by atoms with Gasteiger partial charge in [0.05, 0.1) is 17.4 Å². The summed E-state index contributed by atoms with van der Waals surface area (Å²) in [5.41, 5.74) is 2.12. The maximum absolute atomic E-state index is 12.4. The van der Waals surface area contributed by atoms with Crippen molar-refractivity contribution in [3.63, 3.8) is 0 Å². The second kappa shape index (κ2) is 4.59. The summed E-state index contributed by atoms with van der Waals surface area (Å²) in [6, 6.07) is 5.55. The van der Waals surface area contributed by atoms with Crippen molar-refractivity contribution in [1.82, 2.24) is 14.9 Å². The molecule has 0 unspecified atom stereocenters. The molecule has 3 aliphatic rings. The molecule has 2 aromatic rings. The Kier molecular flexibility index (Phi) is 2.73. The van der Waals surface area contributed by atoms with Crippen LogP contribution in [0.4, 0.5) is 0 Å². The smallest absolute Gasteiger partial charge is 0.340 e. The SMILES string of the molecule is O=C(O[C@@H]1CN2CCC1CC2)c1cccc2[nH]cnc12. The van der Waals surface area contributed by atoms with Crippen LogP contribution in [0.2, 0.25) is 0 Å². The number of para-hydroxylation sites is 1. The number of imidazole rings is 1. The van der Waals surface area contributed by atoms with Gasteiger partial charge >= 0.3 is 5.97 Å². The maximum Gasteiger partial charge on any atom is 0.340 e. The highest BCUT2D eigenvalue weighted by Crippen LogP contribution is 2.30. The largest absolute Gasteiger partial charge is 0.457 e. The summed E-state index contributed by atoms with van der Waals surface area (Å²) < 4.78 is 5.75. The van der Waals surface area contributed by atoms with Crippen molar-refractivity contribution in [3.8, 4) is 0 Å². The number of ether oxygens (including phenoxy) is 1. The average Bonchev–Trinajstić information content (AvgIpc) is 2.96. The maximum atomic E-state index is 12.4. The van der Waals surface area contributed by atoms with Gasteiger partial charge in [-0.05, 0) is 44.0 Å². The van der Waals surface area contributed by atoms with Gasteiger partial charge in [-0.2, -0.15) is 0 Å². The fourth-order valence-electron chi connectivity index (χ4n) is 3.38. The second-order valence-electron chi connectivity index (χ2n) is 5.69. The fourth-order valence-corrected chi connectivity index (χ4v) is 3.38. The molecule has 1 atom stereocenters. The van der Waals surface area contributed by atoms with Gasteiger partial charge in [-0.1, -0.05) is 6.07 Å². The zero-order chi connectivity index (χ0) is 13.5. The van der Waals surface area contributed by atoms with Crippen LogP contribution < -0.4 is 0 Å². The highest BCUT2D eigenvalue weighted by molar-refractivity contribution is 6.01. The number of H-pyrrole nitrogens is 1. The molecule has 5 nitrogen and oxygen atoms in total. The zero-order valence-corrected chi connectivity index (χ0v) is 11.2. The number of hydrogen-bond donors (Lipinski definition) is 1. The third-order valence-corrected chi connectivity index (χ3v) is 4.52. The van der Waals surface area contributed by atoms with Crippen LogP contribution in [0.15, 0.2) is 24.5 Å². The third-order valence-electron chi connectivity index (χ3n) is 4.52. The van der Waals surface area contributed by atoms with E-state index in [-0.39, 0.29) is 12.1 Å². The fraction of sp³-hybridized carbons (Fsp3) is 0.467. The molecular formula is C15H17N3O2. The van der Waals surface area contributed by atoms with Crippen molar-refractivity contribution in [2.45, 2.75) is 18.9 Å². The van der Waals surface area contributed by atoms with Crippen molar-refractivity contribution in [2.75, 3.05) is 19.6 Å². The minimum absolute atomic E-state index is 0.0409. The quantitative estimate of drug-likeness (QED) is 0.846. The van der Waals surface area contributed by atoms with E-state index in [4.69, 9.17) is 4.74 Å². The van der Waals surface area contributed by atoms with E-state index in [1.165, 1.54) is 0 Å². The molecule has 0 saturated carbocycles. The Bertz CT molecular complexity index is 643. The molecule has 4 heterocycles. The first-order chi connectivity index (χ1) is 9.81. The predicted molar refractivity (Wildman–Crippen MR) is 74.5 cm³/mol. The molecule has 0 amide bonds. The summed E-state index contributed by atoms with van der Waals surface area (Å²) in [7, 11) is 0. The lowest BCUT2D eigenvalue weighted by molar-refractivity contribution is -0.0454. The Labute approximate surface area is 116 Å². The standard InChI is InChI=1S/C15H17N3O2/c19-15(11-2-1-3-12-14(11)17-9-16-12)20-13-8-18-6-4-10(13)5-7-18/h1-3,9-10,13H,4-8H2,(H,16,17)/t13-/m1/s1. The highest BCUT2D eigenvalue weighted by Gasteiger charge is 2.36. The van der Waals surface area contributed by atoms with Gasteiger partial charge in [0.15, 0.2) is 0 Å². The van der Waals surface area contributed by atoms with Crippen molar-refractivity contribution in [1.29, 1.82) is 0 Å². The lowest BCUT2D eigenvalue weighted by Gasteiger charge is -2.43. The van der Waals surface area contributed by atoms with Crippen LogP contribution in [0.1, 0.15) is 23.2 Å². The molecule has 1 N–H and O–H groups in total. The zero-order valence-electron chi connectivity index (χ0n) is 11.2. The summed E-state index contributed by atoms with van der Waals surface area (Å²) in [5.74, 6) is 0.281. The molecule has 0 aliphatic carbocycles. The van der Waals surface area contributed by atoms with E-state index in [1.54, 1.807) is 12.4 Å². The Morgan fingerprint density at radius 1 is 1.35 bits per heavy atom. The number of nitrogens with zero attached hydrogens (tertiary/aromatic N) is 2. The number of fused-ring (bicyclic) bond motifs is 4. The number of aromatic nitrogens is 2. The molecule has 3 saturated heterocycles. The minimum Gasteiger partial charge on any atom is -0.457 e. The molecule has 0 spiro atoms. The van der Waals surface area contributed by atoms with E-state index in [9.17, 15) is 4.79 Å². The van der Waals surface area contributed by atoms with Gasteiger partial charge in [0, 0.05) is 6.54 Å². The van der Waals surface area contributed by atoms with Crippen LogP contribution in [0, 0.1) is 5.92 Å². The van der Waals surface area contributed by atoms with Gasteiger partial charge < -0.3 is 9.72 Å². The Morgan fingerprint density at radius 2 is 2.20 bits per heavy atom. The van der Waals surface area contributed by atoms with E-state index in [2.05, 4.69) is 14.9 Å². The van der Waals surface area contributed by atoms with Crippen LogP contribution in [0.3, 0.4) is 0 Å². The average molecular weight is 271 g/mol. The summed E-state index contributed by atoms with van der Waals surface area (Å²) in [5, 5.41) is 0. The van der Waals surface area contributed by atoms with Crippen LogP contribution in [-0.4, -0.2) is 46.6 Å². The molecule has 1 aromatic carbocycles. The first-order valence-electron chi connectivity index (χ1n) is 7.17. The summed E-state index contributed by atoms with van der Waals surface area (Å²) >= 11 is 0. The van der Waals surface area contributed by atoms with Gasteiger partial charge in [-0.3, -0.25) is 4.90 Å². The summed E-state index contributed by atoms with van der Waals surface area (Å²) in [4.78, 5) is 22.0.